The average molecular weight is 325 g/mol. The fourth-order valence-corrected chi connectivity index (χ4v) is 3.63. The Kier molecular flexibility index (Phi) is 4.38. The van der Waals surface area contributed by atoms with Crippen LogP contribution in [0.15, 0.2) is 23.8 Å². The van der Waals surface area contributed by atoms with E-state index >= 15 is 0 Å². The third kappa shape index (κ3) is 3.10. The largest absolute Gasteiger partial charge is 0.307 e. The van der Waals surface area contributed by atoms with Gasteiger partial charge >= 0.3 is 0 Å². The van der Waals surface area contributed by atoms with Crippen molar-refractivity contribution in [3.05, 3.63) is 41.0 Å². The first kappa shape index (κ1) is 16.3. The summed E-state index contributed by atoms with van der Waals surface area (Å²) >= 11 is 0. The molecule has 0 aromatic heterocycles. The maximum absolute atomic E-state index is 13.5. The Morgan fingerprint density at radius 2 is 1.74 bits per heavy atom. The number of rotatable bonds is 3. The van der Waals surface area contributed by atoms with E-state index in [4.69, 9.17) is 0 Å². The van der Waals surface area contributed by atoms with E-state index in [1.165, 1.54) is 12.1 Å². The second-order valence-electron chi connectivity index (χ2n) is 6.46. The Balaban J connectivity index is 1.89. The van der Waals surface area contributed by atoms with Crippen molar-refractivity contribution >= 4 is 5.70 Å². The number of alkyl halides is 1. The van der Waals surface area contributed by atoms with Crippen LogP contribution in [-0.2, 0) is 0 Å². The van der Waals surface area contributed by atoms with Crippen molar-refractivity contribution in [1.29, 1.82) is 0 Å². The summed E-state index contributed by atoms with van der Waals surface area (Å²) in [5.74, 6) is -1.19. The molecule has 1 saturated carbocycles. The van der Waals surface area contributed by atoms with Gasteiger partial charge in [0, 0.05) is 31.8 Å². The molecule has 0 radical (unpaired) electrons. The monoisotopic (exact) mass is 325 g/mol. The fraction of sp³-hybridized carbons (Fsp3) is 0.529. The summed E-state index contributed by atoms with van der Waals surface area (Å²) in [6.07, 6.45) is 1.08. The predicted molar refractivity (Wildman–Crippen MR) is 83.9 cm³/mol. The minimum Gasteiger partial charge on any atom is -0.307 e. The number of benzene rings is 1. The highest BCUT2D eigenvalue weighted by molar-refractivity contribution is 5.69. The van der Waals surface area contributed by atoms with Crippen LogP contribution in [0.4, 0.5) is 13.2 Å². The Morgan fingerprint density at radius 1 is 1.09 bits per heavy atom. The summed E-state index contributed by atoms with van der Waals surface area (Å²) in [7, 11) is 3.77. The third-order valence-corrected chi connectivity index (χ3v) is 4.85. The summed E-state index contributed by atoms with van der Waals surface area (Å²) in [6.45, 7) is 1.94. The Labute approximate surface area is 134 Å². The number of nitrogens with one attached hydrogen (secondary N) is 1. The molecule has 2 aliphatic rings. The summed E-state index contributed by atoms with van der Waals surface area (Å²) in [6, 6.07) is 3.67. The molecule has 0 spiro atoms. The van der Waals surface area contributed by atoms with E-state index in [-0.39, 0.29) is 12.2 Å². The van der Waals surface area contributed by atoms with E-state index in [0.29, 0.717) is 18.4 Å². The molecule has 0 bridgehead atoms. The topological polar surface area (TPSA) is 18.5 Å². The van der Waals surface area contributed by atoms with Crippen molar-refractivity contribution < 1.29 is 13.2 Å². The lowest BCUT2D eigenvalue weighted by Gasteiger charge is -2.31. The standard InChI is InChI=1S/C17H22F3N3/c1-10-16(11-6-13(19)8-14(20)7-11)22(2)23(3)17(10)21-15-5-4-12(18)9-15/h6-8,12,15,17,21H,4-5,9H2,1-3H3/t12-,15+,17?/m1/s1. The normalized spacial score (nSPS) is 29.0. The van der Waals surface area contributed by atoms with Crippen LogP contribution in [0.1, 0.15) is 31.7 Å². The number of hydrogen-bond acceptors (Lipinski definition) is 3. The van der Waals surface area contributed by atoms with E-state index in [2.05, 4.69) is 5.32 Å². The molecule has 0 saturated heterocycles. The summed E-state index contributed by atoms with van der Waals surface area (Å²) in [4.78, 5) is 0. The van der Waals surface area contributed by atoms with Crippen LogP contribution < -0.4 is 5.32 Å². The van der Waals surface area contributed by atoms with Crippen LogP contribution in [0, 0.1) is 11.6 Å². The lowest BCUT2D eigenvalue weighted by molar-refractivity contribution is 0.0595. The molecule has 3 rings (SSSR count). The Bertz CT molecular complexity index is 611. The minimum atomic E-state index is -0.738. The summed E-state index contributed by atoms with van der Waals surface area (Å²) in [5, 5.41) is 7.32. The summed E-state index contributed by atoms with van der Waals surface area (Å²) in [5.41, 5.74) is 2.26. The number of hydrogen-bond donors (Lipinski definition) is 1. The number of hydrazine groups is 1. The zero-order valence-corrected chi connectivity index (χ0v) is 13.6. The van der Waals surface area contributed by atoms with Crippen LogP contribution in [0.3, 0.4) is 0 Å². The molecule has 1 aliphatic carbocycles. The predicted octanol–water partition coefficient (Wildman–Crippen LogP) is 3.29. The molecule has 1 unspecified atom stereocenters. The van der Waals surface area contributed by atoms with E-state index in [9.17, 15) is 13.2 Å². The molecule has 1 aromatic rings. The maximum Gasteiger partial charge on any atom is 0.126 e. The van der Waals surface area contributed by atoms with Gasteiger partial charge in [-0.3, -0.25) is 5.32 Å². The molecular formula is C17H22F3N3. The van der Waals surface area contributed by atoms with Crippen LogP contribution in [-0.4, -0.2) is 42.5 Å². The maximum atomic E-state index is 13.5. The first-order valence-corrected chi connectivity index (χ1v) is 7.90. The molecule has 1 aromatic carbocycles. The fourth-order valence-electron chi connectivity index (χ4n) is 3.63. The smallest absolute Gasteiger partial charge is 0.126 e. The molecule has 1 heterocycles. The number of likely N-dealkylation sites (N-methyl/N-ethyl adjacent to an activating group) is 1. The van der Waals surface area contributed by atoms with Crippen LogP contribution >= 0.6 is 0 Å². The van der Waals surface area contributed by atoms with E-state index in [0.717, 1.165) is 23.8 Å². The van der Waals surface area contributed by atoms with Gasteiger partial charge < -0.3 is 5.01 Å². The molecule has 126 valence electrons. The first-order valence-electron chi connectivity index (χ1n) is 7.90. The van der Waals surface area contributed by atoms with E-state index in [1.807, 2.05) is 31.0 Å². The molecule has 1 N–H and O–H groups in total. The van der Waals surface area contributed by atoms with Crippen molar-refractivity contribution in [1.82, 2.24) is 15.3 Å². The Hall–Kier alpha value is -1.53. The van der Waals surface area contributed by atoms with Gasteiger partial charge in [-0.2, -0.15) is 0 Å². The highest BCUT2D eigenvalue weighted by atomic mass is 19.1. The molecular weight excluding hydrogens is 303 g/mol. The van der Waals surface area contributed by atoms with Gasteiger partial charge in [0.15, 0.2) is 0 Å². The number of nitrogens with zero attached hydrogens (tertiary/aromatic N) is 2. The highest BCUT2D eigenvalue weighted by Crippen LogP contribution is 2.34. The molecule has 3 nitrogen and oxygen atoms in total. The number of halogens is 3. The molecule has 3 atom stereocenters. The van der Waals surface area contributed by atoms with Gasteiger partial charge in [0.05, 0.1) is 5.70 Å². The molecule has 6 heteroatoms. The van der Waals surface area contributed by atoms with Gasteiger partial charge in [0.2, 0.25) is 0 Å². The Morgan fingerprint density at radius 3 is 2.30 bits per heavy atom. The lowest BCUT2D eigenvalue weighted by Crippen LogP contribution is -2.48. The highest BCUT2D eigenvalue weighted by Gasteiger charge is 2.36. The van der Waals surface area contributed by atoms with Gasteiger partial charge in [-0.1, -0.05) is 0 Å². The van der Waals surface area contributed by atoms with Crippen molar-refractivity contribution in [2.45, 2.75) is 44.6 Å². The first-order chi connectivity index (χ1) is 10.9. The van der Waals surface area contributed by atoms with Gasteiger partial charge in [-0.15, -0.1) is 0 Å². The van der Waals surface area contributed by atoms with E-state index in [1.54, 1.807) is 0 Å². The average Bonchev–Trinajstić information content (AvgIpc) is 2.96. The van der Waals surface area contributed by atoms with Gasteiger partial charge in [0.25, 0.3) is 0 Å². The van der Waals surface area contributed by atoms with Crippen LogP contribution in [0.2, 0.25) is 0 Å². The minimum absolute atomic E-state index is 0.100. The van der Waals surface area contributed by atoms with E-state index < -0.39 is 17.8 Å². The summed E-state index contributed by atoms with van der Waals surface area (Å²) < 4.78 is 40.5. The van der Waals surface area contributed by atoms with Crippen molar-refractivity contribution in [2.24, 2.45) is 0 Å². The second kappa shape index (κ2) is 6.17. The molecule has 23 heavy (non-hydrogen) atoms. The van der Waals surface area contributed by atoms with Crippen molar-refractivity contribution in [2.75, 3.05) is 14.1 Å². The molecule has 1 fully saturated rings. The molecule has 0 amide bonds. The molecule has 1 aliphatic heterocycles. The van der Waals surface area contributed by atoms with Crippen molar-refractivity contribution in [3.63, 3.8) is 0 Å². The SMILES string of the molecule is CC1=C(c2cc(F)cc(F)c2)N(C)N(C)C1N[C@H]1CC[C@@H](F)C1. The van der Waals surface area contributed by atoms with Gasteiger partial charge in [0.1, 0.15) is 24.0 Å². The third-order valence-electron chi connectivity index (χ3n) is 4.85. The van der Waals surface area contributed by atoms with Crippen molar-refractivity contribution in [3.8, 4) is 0 Å². The lowest BCUT2D eigenvalue weighted by atomic mass is 10.1. The second-order valence-corrected chi connectivity index (χ2v) is 6.46. The quantitative estimate of drug-likeness (QED) is 0.920. The van der Waals surface area contributed by atoms with Gasteiger partial charge in [-0.05, 0) is 43.9 Å². The zero-order valence-electron chi connectivity index (χ0n) is 13.6. The van der Waals surface area contributed by atoms with Crippen LogP contribution in [0.5, 0.6) is 0 Å². The zero-order chi connectivity index (χ0) is 16.7. The van der Waals surface area contributed by atoms with Crippen LogP contribution in [0.25, 0.3) is 5.70 Å². The van der Waals surface area contributed by atoms with Gasteiger partial charge in [-0.25, -0.2) is 18.2 Å².